The van der Waals surface area contributed by atoms with Gasteiger partial charge in [0.1, 0.15) is 17.2 Å². The van der Waals surface area contributed by atoms with Crippen LogP contribution in [0, 0.1) is 0 Å². The van der Waals surface area contributed by atoms with Gasteiger partial charge in [-0.3, -0.25) is 0 Å². The van der Waals surface area contributed by atoms with E-state index in [1.165, 1.54) is 0 Å². The maximum Gasteiger partial charge on any atom is 0.189 e. The quantitative estimate of drug-likeness (QED) is 0.646. The Balaban J connectivity index is 1.71. The molecule has 1 aliphatic rings. The van der Waals surface area contributed by atoms with Gasteiger partial charge in [-0.15, -0.1) is 0 Å². The molecule has 0 bridgehead atoms. The Hall–Kier alpha value is -2.89. The van der Waals surface area contributed by atoms with E-state index >= 15 is 0 Å². The van der Waals surface area contributed by atoms with Gasteiger partial charge in [-0.2, -0.15) is 0 Å². The first-order valence-electron chi connectivity index (χ1n) is 8.20. The molecule has 25 heavy (non-hydrogen) atoms. The van der Waals surface area contributed by atoms with Gasteiger partial charge in [0.2, 0.25) is 0 Å². The number of nitrogens with two attached hydrogens (primary N) is 1. The second kappa shape index (κ2) is 7.79. The van der Waals surface area contributed by atoms with Crippen LogP contribution in [0.1, 0.15) is 23.6 Å². The number of benzene rings is 2. The zero-order valence-corrected chi connectivity index (χ0v) is 14.5. The molecule has 0 radical (unpaired) electrons. The number of rotatable bonds is 5. The molecule has 3 rings (SSSR count). The fourth-order valence-corrected chi connectivity index (χ4v) is 2.89. The van der Waals surface area contributed by atoms with Gasteiger partial charge in [0.05, 0.1) is 33.4 Å². The zero-order valence-electron chi connectivity index (χ0n) is 14.5. The lowest BCUT2D eigenvalue weighted by atomic mass is 10.0. The van der Waals surface area contributed by atoms with E-state index < -0.39 is 0 Å². The highest BCUT2D eigenvalue weighted by Crippen LogP contribution is 2.31. The summed E-state index contributed by atoms with van der Waals surface area (Å²) in [5.41, 5.74) is 8.12. The van der Waals surface area contributed by atoms with Crippen molar-refractivity contribution < 1.29 is 14.2 Å². The summed E-state index contributed by atoms with van der Waals surface area (Å²) in [6, 6.07) is 13.7. The Morgan fingerprint density at radius 2 is 2.08 bits per heavy atom. The number of para-hydroxylation sites is 1. The fraction of sp³-hybridized carbons (Fsp3) is 0.316. The Bertz CT molecular complexity index is 761. The largest absolute Gasteiger partial charge is 0.497 e. The lowest BCUT2D eigenvalue weighted by molar-refractivity contribution is 0.262. The number of fused-ring (bicyclic) bond motifs is 1. The number of nitrogens with one attached hydrogen (secondary N) is 1. The smallest absolute Gasteiger partial charge is 0.189 e. The number of methoxy groups -OCH3 is 2. The van der Waals surface area contributed by atoms with Gasteiger partial charge in [-0.1, -0.05) is 18.2 Å². The predicted molar refractivity (Wildman–Crippen MR) is 97.3 cm³/mol. The van der Waals surface area contributed by atoms with E-state index in [0.717, 1.165) is 34.8 Å². The third kappa shape index (κ3) is 3.96. The maximum atomic E-state index is 6.10. The van der Waals surface area contributed by atoms with Gasteiger partial charge < -0.3 is 25.3 Å². The van der Waals surface area contributed by atoms with Crippen LogP contribution >= 0.6 is 0 Å². The number of aliphatic imine (C=N–C) groups is 1. The molecule has 0 aromatic heterocycles. The molecule has 6 nitrogen and oxygen atoms in total. The van der Waals surface area contributed by atoms with Crippen molar-refractivity contribution in [3.05, 3.63) is 53.6 Å². The molecule has 0 aliphatic carbocycles. The molecule has 0 fully saturated rings. The summed E-state index contributed by atoms with van der Waals surface area (Å²) in [6.07, 6.45) is 0.843. The van der Waals surface area contributed by atoms with Crippen molar-refractivity contribution in [2.24, 2.45) is 10.7 Å². The molecule has 0 saturated carbocycles. The molecule has 2 aromatic rings. The average molecular weight is 341 g/mol. The van der Waals surface area contributed by atoms with Crippen LogP contribution in [-0.4, -0.2) is 26.8 Å². The molecule has 0 spiro atoms. The second-order valence-corrected chi connectivity index (χ2v) is 5.75. The lowest BCUT2D eigenvalue weighted by Crippen LogP contribution is -2.37. The highest BCUT2D eigenvalue weighted by Gasteiger charge is 2.21. The van der Waals surface area contributed by atoms with Gasteiger partial charge in [-0.25, -0.2) is 4.99 Å². The van der Waals surface area contributed by atoms with E-state index in [4.69, 9.17) is 19.9 Å². The summed E-state index contributed by atoms with van der Waals surface area (Å²) in [6.45, 7) is 1.07. The van der Waals surface area contributed by atoms with Gasteiger partial charge in [0, 0.05) is 17.5 Å². The van der Waals surface area contributed by atoms with Gasteiger partial charge in [0.15, 0.2) is 5.96 Å². The number of ether oxygens (including phenoxy) is 3. The lowest BCUT2D eigenvalue weighted by Gasteiger charge is -2.27. The zero-order chi connectivity index (χ0) is 17.6. The van der Waals surface area contributed by atoms with Crippen LogP contribution in [-0.2, 0) is 6.54 Å². The summed E-state index contributed by atoms with van der Waals surface area (Å²) in [5.74, 6) is 2.81. The number of nitrogens with zero attached hydrogens (tertiary/aromatic N) is 1. The Labute approximate surface area is 147 Å². The van der Waals surface area contributed by atoms with E-state index in [1.807, 2.05) is 42.5 Å². The van der Waals surface area contributed by atoms with Crippen molar-refractivity contribution in [3.8, 4) is 17.2 Å². The molecule has 6 heteroatoms. The van der Waals surface area contributed by atoms with Crippen molar-refractivity contribution >= 4 is 5.96 Å². The van der Waals surface area contributed by atoms with Crippen molar-refractivity contribution in [1.82, 2.24) is 5.32 Å². The van der Waals surface area contributed by atoms with E-state index in [-0.39, 0.29) is 6.04 Å². The fourth-order valence-electron chi connectivity index (χ4n) is 2.89. The van der Waals surface area contributed by atoms with Crippen molar-refractivity contribution in [2.75, 3.05) is 20.8 Å². The normalized spacial score (nSPS) is 16.6. The molecular formula is C19H23N3O3. The molecule has 1 atom stereocenters. The SMILES string of the molecule is COc1ccc(OC)c(CN=C(N)NC2CCOc3ccccc32)c1. The monoisotopic (exact) mass is 341 g/mol. The van der Waals surface area contributed by atoms with Gasteiger partial charge in [-0.05, 0) is 24.3 Å². The molecule has 0 saturated heterocycles. The first-order valence-corrected chi connectivity index (χ1v) is 8.20. The number of guanidine groups is 1. The molecule has 3 N–H and O–H groups in total. The summed E-state index contributed by atoms with van der Waals surface area (Å²) < 4.78 is 16.3. The molecule has 2 aromatic carbocycles. The first-order chi connectivity index (χ1) is 12.2. The number of hydrogen-bond acceptors (Lipinski definition) is 4. The Kier molecular flexibility index (Phi) is 5.28. The van der Waals surface area contributed by atoms with Crippen LogP contribution in [0.4, 0.5) is 0 Å². The van der Waals surface area contributed by atoms with Gasteiger partial charge in [0.25, 0.3) is 0 Å². The average Bonchev–Trinajstić information content (AvgIpc) is 2.66. The molecule has 132 valence electrons. The summed E-state index contributed by atoms with van der Waals surface area (Å²) in [7, 11) is 3.27. The van der Waals surface area contributed by atoms with Crippen molar-refractivity contribution in [1.29, 1.82) is 0 Å². The van der Waals surface area contributed by atoms with Crippen LogP contribution in [0.5, 0.6) is 17.2 Å². The van der Waals surface area contributed by atoms with E-state index in [1.54, 1.807) is 14.2 Å². The van der Waals surface area contributed by atoms with Gasteiger partial charge >= 0.3 is 0 Å². The molecule has 0 amide bonds. The first kappa shape index (κ1) is 17.0. The second-order valence-electron chi connectivity index (χ2n) is 5.75. The van der Waals surface area contributed by atoms with Crippen LogP contribution in [0.15, 0.2) is 47.5 Å². The van der Waals surface area contributed by atoms with E-state index in [0.29, 0.717) is 19.1 Å². The standard InChI is InChI=1S/C19H23N3O3/c1-23-14-7-8-17(24-2)13(11-14)12-21-19(20)22-16-9-10-25-18-6-4-3-5-15(16)18/h3-8,11,16H,9-10,12H2,1-2H3,(H3,20,21,22). The van der Waals surface area contributed by atoms with Crippen LogP contribution in [0.25, 0.3) is 0 Å². The van der Waals surface area contributed by atoms with Crippen LogP contribution < -0.4 is 25.3 Å². The summed E-state index contributed by atoms with van der Waals surface area (Å²) in [5, 5.41) is 3.29. The summed E-state index contributed by atoms with van der Waals surface area (Å²) in [4.78, 5) is 4.45. The molecule has 1 unspecified atom stereocenters. The predicted octanol–water partition coefficient (Wildman–Crippen LogP) is 2.63. The third-order valence-electron chi connectivity index (χ3n) is 4.19. The van der Waals surface area contributed by atoms with E-state index in [2.05, 4.69) is 10.3 Å². The van der Waals surface area contributed by atoms with Crippen molar-refractivity contribution in [2.45, 2.75) is 19.0 Å². The topological polar surface area (TPSA) is 78.1 Å². The van der Waals surface area contributed by atoms with E-state index in [9.17, 15) is 0 Å². The highest BCUT2D eigenvalue weighted by atomic mass is 16.5. The Morgan fingerprint density at radius 1 is 1.24 bits per heavy atom. The Morgan fingerprint density at radius 3 is 2.88 bits per heavy atom. The molecular weight excluding hydrogens is 318 g/mol. The minimum atomic E-state index is 0.0981. The van der Waals surface area contributed by atoms with Crippen LogP contribution in [0.3, 0.4) is 0 Å². The minimum Gasteiger partial charge on any atom is -0.497 e. The summed E-state index contributed by atoms with van der Waals surface area (Å²) >= 11 is 0. The van der Waals surface area contributed by atoms with Crippen molar-refractivity contribution in [3.63, 3.8) is 0 Å². The molecule has 1 heterocycles. The highest BCUT2D eigenvalue weighted by molar-refractivity contribution is 5.78. The molecule has 1 aliphatic heterocycles. The maximum absolute atomic E-state index is 6.10. The number of hydrogen-bond donors (Lipinski definition) is 2. The third-order valence-corrected chi connectivity index (χ3v) is 4.19. The minimum absolute atomic E-state index is 0.0981. The van der Waals surface area contributed by atoms with Crippen LogP contribution in [0.2, 0.25) is 0 Å².